The van der Waals surface area contributed by atoms with Gasteiger partial charge in [-0.1, -0.05) is 0 Å². The summed E-state index contributed by atoms with van der Waals surface area (Å²) in [4.78, 5) is 13.5. The lowest BCUT2D eigenvalue weighted by molar-refractivity contribution is 0.0950. The molecular weight excluding hydrogens is 240 g/mol. The molecule has 1 aromatic rings. The van der Waals surface area contributed by atoms with Gasteiger partial charge in [0.15, 0.2) is 0 Å². The molecule has 0 aliphatic carbocycles. The van der Waals surface area contributed by atoms with E-state index in [4.69, 9.17) is 0 Å². The van der Waals surface area contributed by atoms with E-state index in [9.17, 15) is 13.6 Å². The Balaban J connectivity index is 2.75. The minimum atomic E-state index is -0.782. The van der Waals surface area contributed by atoms with Crippen molar-refractivity contribution >= 4 is 11.6 Å². The van der Waals surface area contributed by atoms with E-state index >= 15 is 0 Å². The third kappa shape index (κ3) is 3.66. The molecule has 0 saturated heterocycles. The van der Waals surface area contributed by atoms with E-state index in [1.165, 1.54) is 7.05 Å². The monoisotopic (exact) mass is 257 g/mol. The molecule has 0 atom stereocenters. The van der Waals surface area contributed by atoms with Crippen LogP contribution in [0.2, 0.25) is 0 Å². The molecule has 1 rings (SSSR count). The highest BCUT2D eigenvalue weighted by Gasteiger charge is 2.13. The predicted octanol–water partition coefficient (Wildman–Crippen LogP) is 1.30. The number of hydrogen-bond acceptors (Lipinski definition) is 3. The number of carbonyl (C=O) groups excluding carboxylic acids is 1. The van der Waals surface area contributed by atoms with Crippen LogP contribution in [0.5, 0.6) is 0 Å². The molecule has 2 N–H and O–H groups in total. The van der Waals surface area contributed by atoms with Crippen LogP contribution >= 0.6 is 0 Å². The number of carbonyl (C=O) groups is 1. The normalized spacial score (nSPS) is 10.6. The summed E-state index contributed by atoms with van der Waals surface area (Å²) in [5.74, 6) is -2.05. The quantitative estimate of drug-likeness (QED) is 0.835. The third-order valence-corrected chi connectivity index (χ3v) is 2.40. The molecule has 0 aliphatic rings. The maximum atomic E-state index is 13.4. The predicted molar refractivity (Wildman–Crippen MR) is 66.8 cm³/mol. The molecule has 0 saturated carbocycles. The topological polar surface area (TPSA) is 44.4 Å². The zero-order chi connectivity index (χ0) is 13.7. The van der Waals surface area contributed by atoms with E-state index in [2.05, 4.69) is 10.6 Å². The average molecular weight is 257 g/mol. The second kappa shape index (κ2) is 6.30. The Bertz CT molecular complexity index is 412. The van der Waals surface area contributed by atoms with Gasteiger partial charge >= 0.3 is 0 Å². The van der Waals surface area contributed by atoms with E-state index in [-0.39, 0.29) is 11.3 Å². The van der Waals surface area contributed by atoms with Gasteiger partial charge in [0.1, 0.15) is 17.3 Å². The number of halogens is 2. The summed E-state index contributed by atoms with van der Waals surface area (Å²) in [5.41, 5.74) is -0.261. The fourth-order valence-electron chi connectivity index (χ4n) is 1.44. The van der Waals surface area contributed by atoms with Gasteiger partial charge in [0.2, 0.25) is 0 Å². The number of nitrogens with one attached hydrogen (secondary N) is 2. The van der Waals surface area contributed by atoms with Crippen molar-refractivity contribution in [3.05, 3.63) is 29.3 Å². The van der Waals surface area contributed by atoms with Crippen LogP contribution in [-0.2, 0) is 0 Å². The molecule has 100 valence electrons. The Labute approximate surface area is 105 Å². The number of anilines is 1. The van der Waals surface area contributed by atoms with Crippen LogP contribution in [-0.4, -0.2) is 45.0 Å². The summed E-state index contributed by atoms with van der Waals surface area (Å²) in [5, 5.41) is 4.99. The maximum Gasteiger partial charge on any atom is 0.251 e. The van der Waals surface area contributed by atoms with Crippen LogP contribution < -0.4 is 10.6 Å². The van der Waals surface area contributed by atoms with Crippen molar-refractivity contribution in [3.8, 4) is 0 Å². The van der Waals surface area contributed by atoms with Gasteiger partial charge in [-0.2, -0.15) is 0 Å². The van der Waals surface area contributed by atoms with Gasteiger partial charge in [-0.05, 0) is 26.2 Å². The number of benzene rings is 1. The Morgan fingerprint density at radius 2 is 1.83 bits per heavy atom. The van der Waals surface area contributed by atoms with Crippen molar-refractivity contribution in [3.63, 3.8) is 0 Å². The second-order valence-corrected chi connectivity index (χ2v) is 4.12. The SMILES string of the molecule is CNc1c(F)cc(C(=O)NCCN(C)C)cc1F. The highest BCUT2D eigenvalue weighted by Crippen LogP contribution is 2.19. The van der Waals surface area contributed by atoms with Crippen LogP contribution in [0.1, 0.15) is 10.4 Å². The highest BCUT2D eigenvalue weighted by atomic mass is 19.1. The average Bonchev–Trinajstić information content (AvgIpc) is 2.27. The molecule has 0 fully saturated rings. The van der Waals surface area contributed by atoms with E-state index in [1.54, 1.807) is 0 Å². The maximum absolute atomic E-state index is 13.4. The lowest BCUT2D eigenvalue weighted by atomic mass is 10.1. The number of amides is 1. The molecule has 0 aliphatic heterocycles. The molecule has 0 radical (unpaired) electrons. The Hall–Kier alpha value is -1.69. The van der Waals surface area contributed by atoms with Crippen LogP contribution in [0, 0.1) is 11.6 Å². The molecule has 0 aromatic heterocycles. The lowest BCUT2D eigenvalue weighted by Crippen LogP contribution is -2.31. The number of rotatable bonds is 5. The van der Waals surface area contributed by atoms with Crippen molar-refractivity contribution in [1.29, 1.82) is 0 Å². The van der Waals surface area contributed by atoms with Gasteiger partial charge in [-0.15, -0.1) is 0 Å². The van der Waals surface area contributed by atoms with Gasteiger partial charge < -0.3 is 15.5 Å². The first-order valence-electron chi connectivity index (χ1n) is 5.55. The second-order valence-electron chi connectivity index (χ2n) is 4.12. The standard InChI is InChI=1S/C12H17F2N3O/c1-15-11-9(13)6-8(7-10(11)14)12(18)16-4-5-17(2)3/h6-7,15H,4-5H2,1-3H3,(H,16,18). The molecule has 0 bridgehead atoms. The minimum Gasteiger partial charge on any atom is -0.383 e. The lowest BCUT2D eigenvalue weighted by Gasteiger charge is -2.11. The van der Waals surface area contributed by atoms with Gasteiger partial charge in [0.25, 0.3) is 5.91 Å². The van der Waals surface area contributed by atoms with E-state index in [0.29, 0.717) is 13.1 Å². The Morgan fingerprint density at radius 1 is 1.28 bits per heavy atom. The summed E-state index contributed by atoms with van der Waals surface area (Å²) in [7, 11) is 5.15. The molecule has 6 heteroatoms. The molecule has 18 heavy (non-hydrogen) atoms. The summed E-state index contributed by atoms with van der Waals surface area (Å²) in [6.45, 7) is 1.08. The summed E-state index contributed by atoms with van der Waals surface area (Å²) < 4.78 is 26.9. The molecule has 1 aromatic carbocycles. The van der Waals surface area contributed by atoms with Gasteiger partial charge in [-0.3, -0.25) is 4.79 Å². The van der Waals surface area contributed by atoms with Gasteiger partial charge in [0.05, 0.1) is 0 Å². The molecule has 1 amide bonds. The minimum absolute atomic E-state index is 0.0252. The molecule has 4 nitrogen and oxygen atoms in total. The molecule has 0 spiro atoms. The Kier molecular flexibility index (Phi) is 5.03. The Morgan fingerprint density at radius 3 is 2.28 bits per heavy atom. The molecule has 0 heterocycles. The van der Waals surface area contributed by atoms with Crippen molar-refractivity contribution in [2.45, 2.75) is 0 Å². The first kappa shape index (κ1) is 14.4. The summed E-state index contributed by atoms with van der Waals surface area (Å²) in [6.07, 6.45) is 0. The first-order chi connectivity index (χ1) is 8.45. The van der Waals surface area contributed by atoms with Crippen LogP contribution in [0.4, 0.5) is 14.5 Å². The van der Waals surface area contributed by atoms with E-state index < -0.39 is 17.5 Å². The van der Waals surface area contributed by atoms with E-state index in [1.807, 2.05) is 19.0 Å². The van der Waals surface area contributed by atoms with Crippen LogP contribution in [0.15, 0.2) is 12.1 Å². The highest BCUT2D eigenvalue weighted by molar-refractivity contribution is 5.94. The molecule has 0 unspecified atom stereocenters. The summed E-state index contributed by atoms with van der Waals surface area (Å²) in [6, 6.07) is 2.03. The fourth-order valence-corrected chi connectivity index (χ4v) is 1.44. The van der Waals surface area contributed by atoms with Crippen LogP contribution in [0.3, 0.4) is 0 Å². The zero-order valence-electron chi connectivity index (χ0n) is 10.7. The number of hydrogen-bond donors (Lipinski definition) is 2. The van der Waals surface area contributed by atoms with Crippen molar-refractivity contribution in [2.24, 2.45) is 0 Å². The van der Waals surface area contributed by atoms with Crippen molar-refractivity contribution in [2.75, 3.05) is 39.5 Å². The third-order valence-electron chi connectivity index (χ3n) is 2.40. The fraction of sp³-hybridized carbons (Fsp3) is 0.417. The van der Waals surface area contributed by atoms with Gasteiger partial charge in [-0.25, -0.2) is 8.78 Å². The first-order valence-corrected chi connectivity index (χ1v) is 5.55. The van der Waals surface area contributed by atoms with Crippen molar-refractivity contribution in [1.82, 2.24) is 10.2 Å². The van der Waals surface area contributed by atoms with E-state index in [0.717, 1.165) is 12.1 Å². The molecular formula is C12H17F2N3O. The smallest absolute Gasteiger partial charge is 0.251 e. The van der Waals surface area contributed by atoms with Crippen molar-refractivity contribution < 1.29 is 13.6 Å². The zero-order valence-corrected chi connectivity index (χ0v) is 10.7. The number of likely N-dealkylation sites (N-methyl/N-ethyl adjacent to an activating group) is 1. The summed E-state index contributed by atoms with van der Waals surface area (Å²) >= 11 is 0. The van der Waals surface area contributed by atoms with Gasteiger partial charge in [0, 0.05) is 25.7 Å². The number of nitrogens with zero attached hydrogens (tertiary/aromatic N) is 1. The van der Waals surface area contributed by atoms with Crippen LogP contribution in [0.25, 0.3) is 0 Å². The largest absolute Gasteiger partial charge is 0.383 e.